The van der Waals surface area contributed by atoms with Crippen molar-refractivity contribution in [1.82, 2.24) is 0 Å². The molecular weight excluding hydrogens is 617 g/mol. The van der Waals surface area contributed by atoms with Gasteiger partial charge in [0, 0.05) is 13.0 Å². The van der Waals surface area contributed by atoms with Gasteiger partial charge in [0.05, 0.1) is 13.2 Å². The molecule has 0 aliphatic heterocycles. The van der Waals surface area contributed by atoms with Crippen LogP contribution in [0.5, 0.6) is 0 Å². The van der Waals surface area contributed by atoms with Crippen LogP contribution in [0.2, 0.25) is 0 Å². The third-order valence-corrected chi connectivity index (χ3v) is 10.3. The molecule has 0 aromatic heterocycles. The topological polar surface area (TPSA) is 55.8 Å². The number of rotatable bonds is 43. The van der Waals surface area contributed by atoms with Gasteiger partial charge in [-0.05, 0) is 38.5 Å². The first-order valence-electron chi connectivity index (χ1n) is 22.8. The Bertz CT molecular complexity index is 663. The van der Waals surface area contributed by atoms with Crippen molar-refractivity contribution >= 4 is 5.97 Å². The molecule has 0 spiro atoms. The number of carbonyl (C=O) groups is 1. The predicted molar refractivity (Wildman–Crippen MR) is 219 cm³/mol. The first kappa shape index (κ1) is 49.1. The molecule has 0 bridgehead atoms. The van der Waals surface area contributed by atoms with Gasteiger partial charge in [0.25, 0.3) is 0 Å². The summed E-state index contributed by atoms with van der Waals surface area (Å²) in [7, 11) is 0. The van der Waals surface area contributed by atoms with Crippen LogP contribution < -0.4 is 0 Å². The molecule has 0 aromatic rings. The SMILES string of the molecule is CCCCC/C=C\CCCCCCCCOCC(CO)OC(=O)CCCCCCCCCCCCCCCCCCCCCCCCCCC. The highest BCUT2D eigenvalue weighted by molar-refractivity contribution is 5.69. The molecule has 1 unspecified atom stereocenters. The molecule has 298 valence electrons. The monoisotopic (exact) mass is 707 g/mol. The quantitative estimate of drug-likeness (QED) is 0.0390. The second-order valence-electron chi connectivity index (χ2n) is 15.5. The molecule has 0 fully saturated rings. The number of hydrogen-bond acceptors (Lipinski definition) is 4. The van der Waals surface area contributed by atoms with Crippen LogP contribution in [0.3, 0.4) is 0 Å². The highest BCUT2D eigenvalue weighted by Crippen LogP contribution is 2.16. The largest absolute Gasteiger partial charge is 0.457 e. The van der Waals surface area contributed by atoms with E-state index in [0.29, 0.717) is 19.6 Å². The van der Waals surface area contributed by atoms with Crippen LogP contribution in [0.25, 0.3) is 0 Å². The van der Waals surface area contributed by atoms with Gasteiger partial charge in [0.1, 0.15) is 6.10 Å². The van der Waals surface area contributed by atoms with E-state index in [1.165, 1.54) is 212 Å². The molecule has 0 heterocycles. The Labute approximate surface area is 314 Å². The Balaban J connectivity index is 3.34. The maximum Gasteiger partial charge on any atom is 0.306 e. The lowest BCUT2D eigenvalue weighted by Crippen LogP contribution is -2.27. The number of aliphatic hydroxyl groups is 1. The lowest BCUT2D eigenvalue weighted by Gasteiger charge is -2.15. The number of hydrogen-bond donors (Lipinski definition) is 1. The van der Waals surface area contributed by atoms with E-state index in [1.54, 1.807) is 0 Å². The molecular formula is C46H90O4. The lowest BCUT2D eigenvalue weighted by atomic mass is 10.0. The number of ether oxygens (including phenoxy) is 2. The van der Waals surface area contributed by atoms with Gasteiger partial charge < -0.3 is 14.6 Å². The number of allylic oxidation sites excluding steroid dienone is 2. The summed E-state index contributed by atoms with van der Waals surface area (Å²) in [5.74, 6) is -0.197. The highest BCUT2D eigenvalue weighted by Gasteiger charge is 2.13. The predicted octanol–water partition coefficient (Wildman–Crippen LogP) is 14.9. The number of unbranched alkanes of at least 4 members (excludes halogenated alkanes) is 33. The highest BCUT2D eigenvalue weighted by atomic mass is 16.6. The lowest BCUT2D eigenvalue weighted by molar-refractivity contribution is -0.154. The summed E-state index contributed by atoms with van der Waals surface area (Å²) in [6.45, 7) is 5.36. The molecule has 1 N–H and O–H groups in total. The van der Waals surface area contributed by atoms with Crippen molar-refractivity contribution in [2.45, 2.75) is 258 Å². The third-order valence-electron chi connectivity index (χ3n) is 10.3. The zero-order chi connectivity index (χ0) is 36.3. The van der Waals surface area contributed by atoms with Gasteiger partial charge >= 0.3 is 5.97 Å². The van der Waals surface area contributed by atoms with Crippen molar-refractivity contribution in [3.05, 3.63) is 12.2 Å². The second-order valence-corrected chi connectivity index (χ2v) is 15.5. The summed E-state index contributed by atoms with van der Waals surface area (Å²) < 4.78 is 11.2. The first-order chi connectivity index (χ1) is 24.7. The van der Waals surface area contributed by atoms with Crippen molar-refractivity contribution in [3.8, 4) is 0 Å². The smallest absolute Gasteiger partial charge is 0.306 e. The minimum Gasteiger partial charge on any atom is -0.457 e. The molecule has 4 nitrogen and oxygen atoms in total. The minimum atomic E-state index is -0.531. The third kappa shape index (κ3) is 41.5. The van der Waals surface area contributed by atoms with Crippen LogP contribution in [0.4, 0.5) is 0 Å². The number of carbonyl (C=O) groups excluding carboxylic acids is 1. The molecule has 1 atom stereocenters. The van der Waals surface area contributed by atoms with Crippen molar-refractivity contribution in [3.63, 3.8) is 0 Å². The maximum absolute atomic E-state index is 12.2. The van der Waals surface area contributed by atoms with Crippen LogP contribution in [0.15, 0.2) is 12.2 Å². The van der Waals surface area contributed by atoms with E-state index in [-0.39, 0.29) is 12.6 Å². The summed E-state index contributed by atoms with van der Waals surface area (Å²) in [6.07, 6.45) is 52.9. The van der Waals surface area contributed by atoms with E-state index in [0.717, 1.165) is 19.3 Å². The maximum atomic E-state index is 12.2. The molecule has 50 heavy (non-hydrogen) atoms. The number of aliphatic hydroxyl groups excluding tert-OH is 1. The van der Waals surface area contributed by atoms with Crippen LogP contribution in [0, 0.1) is 0 Å². The van der Waals surface area contributed by atoms with Gasteiger partial charge in [-0.1, -0.05) is 219 Å². The normalized spacial score (nSPS) is 12.3. The first-order valence-corrected chi connectivity index (χ1v) is 22.8. The van der Waals surface area contributed by atoms with E-state index in [1.807, 2.05) is 0 Å². The molecule has 0 aliphatic carbocycles. The molecule has 0 radical (unpaired) electrons. The van der Waals surface area contributed by atoms with Crippen molar-refractivity contribution in [2.24, 2.45) is 0 Å². The molecule has 0 amide bonds. The van der Waals surface area contributed by atoms with E-state index < -0.39 is 6.10 Å². The Morgan fingerprint density at radius 3 is 1.18 bits per heavy atom. The van der Waals surface area contributed by atoms with Gasteiger partial charge in [0.2, 0.25) is 0 Å². The van der Waals surface area contributed by atoms with E-state index in [4.69, 9.17) is 9.47 Å². The fourth-order valence-electron chi connectivity index (χ4n) is 6.91. The van der Waals surface area contributed by atoms with Crippen LogP contribution >= 0.6 is 0 Å². The molecule has 0 aliphatic rings. The fourth-order valence-corrected chi connectivity index (χ4v) is 6.91. The standard InChI is InChI=1S/C46H90O4/c1-3-5-7-9-11-13-15-17-18-19-20-21-22-23-24-25-26-27-28-29-31-33-35-37-39-41-46(48)50-45(43-47)44-49-42-40-38-36-34-32-30-16-14-12-10-8-6-4-2/h12,14,45,47H,3-11,13,15-44H2,1-2H3/b14-12-. The molecule has 0 saturated heterocycles. The Kier molecular flexibility index (Phi) is 43.5. The summed E-state index contributed by atoms with van der Waals surface area (Å²) >= 11 is 0. The Morgan fingerprint density at radius 1 is 0.460 bits per heavy atom. The van der Waals surface area contributed by atoms with Crippen LogP contribution in [-0.2, 0) is 14.3 Å². The van der Waals surface area contributed by atoms with Gasteiger partial charge in [-0.3, -0.25) is 4.79 Å². The number of esters is 1. The summed E-state index contributed by atoms with van der Waals surface area (Å²) in [6, 6.07) is 0. The molecule has 0 aromatic carbocycles. The van der Waals surface area contributed by atoms with E-state index in [9.17, 15) is 9.90 Å². The summed E-state index contributed by atoms with van der Waals surface area (Å²) in [5.41, 5.74) is 0. The van der Waals surface area contributed by atoms with Crippen LogP contribution in [0.1, 0.15) is 251 Å². The summed E-state index contributed by atoms with van der Waals surface area (Å²) in [4.78, 5) is 12.2. The Hall–Kier alpha value is -0.870. The van der Waals surface area contributed by atoms with Crippen molar-refractivity contribution < 1.29 is 19.4 Å². The molecule has 0 saturated carbocycles. The van der Waals surface area contributed by atoms with E-state index in [2.05, 4.69) is 26.0 Å². The van der Waals surface area contributed by atoms with Gasteiger partial charge in [-0.2, -0.15) is 0 Å². The van der Waals surface area contributed by atoms with Gasteiger partial charge in [0.15, 0.2) is 0 Å². The summed E-state index contributed by atoms with van der Waals surface area (Å²) in [5, 5.41) is 9.59. The van der Waals surface area contributed by atoms with Gasteiger partial charge in [-0.15, -0.1) is 0 Å². The Morgan fingerprint density at radius 2 is 0.780 bits per heavy atom. The molecule has 0 rings (SSSR count). The van der Waals surface area contributed by atoms with Crippen molar-refractivity contribution in [2.75, 3.05) is 19.8 Å². The second kappa shape index (κ2) is 44.3. The van der Waals surface area contributed by atoms with Crippen molar-refractivity contribution in [1.29, 1.82) is 0 Å². The average Bonchev–Trinajstić information content (AvgIpc) is 3.12. The fraction of sp³-hybridized carbons (Fsp3) is 0.935. The van der Waals surface area contributed by atoms with Crippen LogP contribution in [-0.4, -0.2) is 37.0 Å². The van der Waals surface area contributed by atoms with E-state index >= 15 is 0 Å². The molecule has 4 heteroatoms. The van der Waals surface area contributed by atoms with Gasteiger partial charge in [-0.25, -0.2) is 0 Å². The average molecular weight is 707 g/mol. The zero-order valence-corrected chi connectivity index (χ0v) is 34.2. The minimum absolute atomic E-state index is 0.168. The zero-order valence-electron chi connectivity index (χ0n) is 34.2.